The molecule has 0 bridgehead atoms. The number of aromatic nitrogens is 1. The molecule has 2 rings (SSSR count). The van der Waals surface area contributed by atoms with Gasteiger partial charge in [0.15, 0.2) is 0 Å². The highest BCUT2D eigenvalue weighted by molar-refractivity contribution is 5.82. The van der Waals surface area contributed by atoms with E-state index in [1.54, 1.807) is 7.11 Å². The number of aromatic amines is 1. The smallest absolute Gasteiger partial charge is 0.0462 e. The van der Waals surface area contributed by atoms with Gasteiger partial charge >= 0.3 is 0 Å². The number of aryl methyl sites for hydroxylation is 1. The first-order chi connectivity index (χ1) is 7.42. The number of rotatable bonds is 5. The number of ether oxygens (including phenoxy) is 1. The highest BCUT2D eigenvalue weighted by Crippen LogP contribution is 2.19. The fourth-order valence-electron chi connectivity index (χ4n) is 1.90. The molecule has 0 amide bonds. The lowest BCUT2D eigenvalue weighted by molar-refractivity contribution is 0.193. The minimum Gasteiger partial charge on any atom is -0.385 e. The molecule has 1 aromatic carbocycles. The van der Waals surface area contributed by atoms with Gasteiger partial charge in [-0.2, -0.15) is 0 Å². The van der Waals surface area contributed by atoms with Gasteiger partial charge in [0.1, 0.15) is 0 Å². The minimum absolute atomic E-state index is 0.863. The summed E-state index contributed by atoms with van der Waals surface area (Å²) < 4.78 is 5.04. The summed E-state index contributed by atoms with van der Waals surface area (Å²) >= 11 is 0. The second-order valence-electron chi connectivity index (χ2n) is 3.81. The molecular formula is C13H17NO. The molecule has 0 radical (unpaired) electrons. The van der Waals surface area contributed by atoms with Gasteiger partial charge in [-0.05, 0) is 30.9 Å². The van der Waals surface area contributed by atoms with Crippen LogP contribution < -0.4 is 0 Å². The zero-order valence-electron chi connectivity index (χ0n) is 9.12. The summed E-state index contributed by atoms with van der Waals surface area (Å²) in [5, 5.41) is 1.36. The van der Waals surface area contributed by atoms with Crippen LogP contribution in [0.3, 0.4) is 0 Å². The van der Waals surface area contributed by atoms with E-state index in [2.05, 4.69) is 35.4 Å². The van der Waals surface area contributed by atoms with Crippen LogP contribution in [-0.2, 0) is 11.2 Å². The molecule has 15 heavy (non-hydrogen) atoms. The molecular weight excluding hydrogens is 186 g/mol. The van der Waals surface area contributed by atoms with Gasteiger partial charge in [0.25, 0.3) is 0 Å². The van der Waals surface area contributed by atoms with E-state index in [1.807, 2.05) is 0 Å². The lowest BCUT2D eigenvalue weighted by Crippen LogP contribution is -1.90. The third-order valence-electron chi connectivity index (χ3n) is 2.72. The van der Waals surface area contributed by atoms with Crippen LogP contribution in [-0.4, -0.2) is 18.7 Å². The van der Waals surface area contributed by atoms with Crippen molar-refractivity contribution in [3.8, 4) is 0 Å². The molecule has 0 unspecified atom stereocenters. The summed E-state index contributed by atoms with van der Waals surface area (Å²) in [6.45, 7) is 0.863. The third kappa shape index (κ3) is 2.39. The monoisotopic (exact) mass is 203 g/mol. The Labute approximate surface area is 90.3 Å². The Hall–Kier alpha value is -1.28. The van der Waals surface area contributed by atoms with Crippen LogP contribution in [0.15, 0.2) is 30.5 Å². The van der Waals surface area contributed by atoms with Crippen LogP contribution >= 0.6 is 0 Å². The molecule has 1 aromatic heterocycles. The van der Waals surface area contributed by atoms with E-state index in [0.717, 1.165) is 19.4 Å². The maximum atomic E-state index is 5.04. The van der Waals surface area contributed by atoms with Crippen LogP contribution in [0.4, 0.5) is 0 Å². The SMILES string of the molecule is COCCCCc1c[nH]c2ccccc12. The largest absolute Gasteiger partial charge is 0.385 e. The number of methoxy groups -OCH3 is 1. The number of unbranched alkanes of at least 4 members (excludes halogenated alkanes) is 1. The molecule has 0 saturated carbocycles. The molecule has 1 N–H and O–H groups in total. The Kier molecular flexibility index (Phi) is 3.41. The Balaban J connectivity index is 2.02. The normalized spacial score (nSPS) is 11.0. The van der Waals surface area contributed by atoms with E-state index in [1.165, 1.54) is 22.9 Å². The predicted molar refractivity (Wildman–Crippen MR) is 63.1 cm³/mol. The molecule has 1 heterocycles. The summed E-state index contributed by atoms with van der Waals surface area (Å²) in [4.78, 5) is 3.30. The molecule has 2 nitrogen and oxygen atoms in total. The standard InChI is InChI=1S/C13H17NO/c1-15-9-5-4-6-11-10-14-13-8-3-2-7-12(11)13/h2-3,7-8,10,14H,4-6,9H2,1H3. The molecule has 0 aliphatic heterocycles. The number of para-hydroxylation sites is 1. The first-order valence-corrected chi connectivity index (χ1v) is 5.46. The van der Waals surface area contributed by atoms with Gasteiger partial charge in [0, 0.05) is 30.8 Å². The second kappa shape index (κ2) is 4.99. The van der Waals surface area contributed by atoms with Crippen molar-refractivity contribution in [3.63, 3.8) is 0 Å². The molecule has 0 atom stereocenters. The van der Waals surface area contributed by atoms with E-state index in [0.29, 0.717) is 0 Å². The Morgan fingerprint density at radius 3 is 2.93 bits per heavy atom. The number of hydrogen-bond donors (Lipinski definition) is 1. The van der Waals surface area contributed by atoms with Crippen molar-refractivity contribution >= 4 is 10.9 Å². The maximum Gasteiger partial charge on any atom is 0.0462 e. The van der Waals surface area contributed by atoms with E-state index >= 15 is 0 Å². The highest BCUT2D eigenvalue weighted by Gasteiger charge is 2.01. The van der Waals surface area contributed by atoms with Gasteiger partial charge in [-0.3, -0.25) is 0 Å². The van der Waals surface area contributed by atoms with Crippen molar-refractivity contribution in [2.75, 3.05) is 13.7 Å². The quantitative estimate of drug-likeness (QED) is 0.742. The van der Waals surface area contributed by atoms with Crippen LogP contribution in [0.5, 0.6) is 0 Å². The topological polar surface area (TPSA) is 25.0 Å². The summed E-state index contributed by atoms with van der Waals surface area (Å²) in [5.41, 5.74) is 2.65. The molecule has 0 fully saturated rings. The Bertz CT molecular complexity index is 419. The molecule has 80 valence electrons. The van der Waals surface area contributed by atoms with Crippen molar-refractivity contribution in [3.05, 3.63) is 36.0 Å². The summed E-state index contributed by atoms with van der Waals surface area (Å²) in [6, 6.07) is 8.45. The lowest BCUT2D eigenvalue weighted by atomic mass is 10.1. The molecule has 0 spiro atoms. The summed E-state index contributed by atoms with van der Waals surface area (Å²) in [7, 11) is 1.76. The third-order valence-corrected chi connectivity index (χ3v) is 2.72. The van der Waals surface area contributed by atoms with Gasteiger partial charge < -0.3 is 9.72 Å². The first kappa shape index (κ1) is 10.2. The van der Waals surface area contributed by atoms with Crippen LogP contribution in [0.1, 0.15) is 18.4 Å². The number of hydrogen-bond acceptors (Lipinski definition) is 1. The van der Waals surface area contributed by atoms with Crippen molar-refractivity contribution in [1.29, 1.82) is 0 Å². The van der Waals surface area contributed by atoms with E-state index < -0.39 is 0 Å². The molecule has 0 aliphatic rings. The number of fused-ring (bicyclic) bond motifs is 1. The lowest BCUT2D eigenvalue weighted by Gasteiger charge is -1.99. The Morgan fingerprint density at radius 2 is 2.07 bits per heavy atom. The number of H-pyrrole nitrogens is 1. The van der Waals surface area contributed by atoms with Crippen LogP contribution in [0.25, 0.3) is 10.9 Å². The average Bonchev–Trinajstić information content (AvgIpc) is 2.68. The van der Waals surface area contributed by atoms with Crippen molar-refractivity contribution < 1.29 is 4.74 Å². The van der Waals surface area contributed by atoms with Crippen LogP contribution in [0, 0.1) is 0 Å². The highest BCUT2D eigenvalue weighted by atomic mass is 16.5. The van der Waals surface area contributed by atoms with Crippen molar-refractivity contribution in [1.82, 2.24) is 4.98 Å². The summed E-state index contributed by atoms with van der Waals surface area (Å²) in [6.07, 6.45) is 5.58. The van der Waals surface area contributed by atoms with Gasteiger partial charge in [-0.25, -0.2) is 0 Å². The first-order valence-electron chi connectivity index (χ1n) is 5.46. The summed E-state index contributed by atoms with van der Waals surface area (Å²) in [5.74, 6) is 0. The van der Waals surface area contributed by atoms with Crippen molar-refractivity contribution in [2.45, 2.75) is 19.3 Å². The average molecular weight is 203 g/mol. The zero-order chi connectivity index (χ0) is 10.5. The van der Waals surface area contributed by atoms with Gasteiger partial charge in [0.2, 0.25) is 0 Å². The number of nitrogens with one attached hydrogen (secondary N) is 1. The fourth-order valence-corrected chi connectivity index (χ4v) is 1.90. The fraction of sp³-hybridized carbons (Fsp3) is 0.385. The van der Waals surface area contributed by atoms with Crippen molar-refractivity contribution in [2.24, 2.45) is 0 Å². The Morgan fingerprint density at radius 1 is 1.20 bits per heavy atom. The van der Waals surface area contributed by atoms with E-state index in [4.69, 9.17) is 4.74 Å². The predicted octanol–water partition coefficient (Wildman–Crippen LogP) is 3.14. The van der Waals surface area contributed by atoms with E-state index in [-0.39, 0.29) is 0 Å². The zero-order valence-corrected chi connectivity index (χ0v) is 9.12. The molecule has 2 aromatic rings. The minimum atomic E-state index is 0.863. The second-order valence-corrected chi connectivity index (χ2v) is 3.81. The number of benzene rings is 1. The van der Waals surface area contributed by atoms with Gasteiger partial charge in [-0.1, -0.05) is 18.2 Å². The van der Waals surface area contributed by atoms with Crippen LogP contribution in [0.2, 0.25) is 0 Å². The van der Waals surface area contributed by atoms with E-state index in [9.17, 15) is 0 Å². The molecule has 0 aliphatic carbocycles. The van der Waals surface area contributed by atoms with Gasteiger partial charge in [0.05, 0.1) is 0 Å². The molecule has 2 heteroatoms. The maximum absolute atomic E-state index is 5.04. The molecule has 0 saturated heterocycles. The van der Waals surface area contributed by atoms with Gasteiger partial charge in [-0.15, -0.1) is 0 Å².